The third-order valence-electron chi connectivity index (χ3n) is 5.61. The first-order valence-electron chi connectivity index (χ1n) is 8.51. The van der Waals surface area contributed by atoms with Crippen molar-refractivity contribution in [2.75, 3.05) is 6.61 Å². The van der Waals surface area contributed by atoms with Crippen molar-refractivity contribution in [2.24, 2.45) is 17.8 Å². The fourth-order valence-electron chi connectivity index (χ4n) is 3.97. The van der Waals surface area contributed by atoms with Gasteiger partial charge in [-0.3, -0.25) is 0 Å². The minimum atomic E-state index is -0.112. The van der Waals surface area contributed by atoms with Crippen LogP contribution < -0.4 is 0 Å². The number of aryl methyl sites for hydroxylation is 1. The van der Waals surface area contributed by atoms with Gasteiger partial charge in [0.25, 0.3) is 0 Å². The average molecular weight is 290 g/mol. The predicted molar refractivity (Wildman–Crippen MR) is 83.7 cm³/mol. The molecule has 1 aromatic rings. The Balaban J connectivity index is 1.56. The molecule has 1 saturated heterocycles. The van der Waals surface area contributed by atoms with E-state index >= 15 is 0 Å². The molecule has 1 aromatic carbocycles. The monoisotopic (exact) mass is 290 g/mol. The van der Waals surface area contributed by atoms with Gasteiger partial charge < -0.3 is 4.74 Å². The third kappa shape index (κ3) is 3.48. The molecule has 2 aliphatic rings. The lowest BCUT2D eigenvalue weighted by Crippen LogP contribution is -2.29. The Morgan fingerprint density at radius 3 is 2.33 bits per heavy atom. The van der Waals surface area contributed by atoms with E-state index < -0.39 is 0 Å². The molecule has 21 heavy (non-hydrogen) atoms. The first-order valence-corrected chi connectivity index (χ1v) is 8.51. The zero-order chi connectivity index (χ0) is 14.8. The summed E-state index contributed by atoms with van der Waals surface area (Å²) in [6, 6.07) is 5.54. The van der Waals surface area contributed by atoms with Gasteiger partial charge in [0.15, 0.2) is 0 Å². The molecule has 2 fully saturated rings. The molecule has 1 heterocycles. The quantitative estimate of drug-likeness (QED) is 0.706. The molecule has 2 atom stereocenters. The number of ether oxygens (including phenoxy) is 1. The van der Waals surface area contributed by atoms with Crippen LogP contribution in [0.15, 0.2) is 18.2 Å². The van der Waals surface area contributed by atoms with E-state index in [1.54, 1.807) is 13.0 Å². The van der Waals surface area contributed by atoms with Crippen molar-refractivity contribution < 1.29 is 9.13 Å². The Morgan fingerprint density at radius 1 is 1.00 bits per heavy atom. The van der Waals surface area contributed by atoms with E-state index in [-0.39, 0.29) is 11.9 Å². The Morgan fingerprint density at radius 2 is 1.71 bits per heavy atom. The van der Waals surface area contributed by atoms with Gasteiger partial charge in [0.05, 0.1) is 12.7 Å². The molecular weight excluding hydrogens is 263 g/mol. The third-order valence-corrected chi connectivity index (χ3v) is 5.61. The van der Waals surface area contributed by atoms with Crippen molar-refractivity contribution >= 4 is 0 Å². The van der Waals surface area contributed by atoms with E-state index in [0.717, 1.165) is 36.3 Å². The zero-order valence-corrected chi connectivity index (χ0v) is 13.3. The van der Waals surface area contributed by atoms with E-state index in [1.165, 1.54) is 32.1 Å². The summed E-state index contributed by atoms with van der Waals surface area (Å²) in [5.74, 6) is 2.38. The van der Waals surface area contributed by atoms with Crippen LogP contribution in [0.1, 0.15) is 62.7 Å². The molecule has 0 aromatic heterocycles. The molecule has 2 unspecified atom stereocenters. The topological polar surface area (TPSA) is 9.23 Å². The maximum Gasteiger partial charge on any atom is 0.126 e. The Hall–Kier alpha value is -0.890. The first kappa shape index (κ1) is 15.0. The highest BCUT2D eigenvalue weighted by atomic mass is 19.1. The van der Waals surface area contributed by atoms with Crippen LogP contribution in [0.25, 0.3) is 0 Å². The number of hydrogen-bond acceptors (Lipinski definition) is 1. The fraction of sp³-hybridized carbons (Fsp3) is 0.684. The molecule has 1 aliphatic carbocycles. The smallest absolute Gasteiger partial charge is 0.126 e. The zero-order valence-electron chi connectivity index (χ0n) is 13.3. The number of hydrogen-bond donors (Lipinski definition) is 0. The highest BCUT2D eigenvalue weighted by molar-refractivity contribution is 5.25. The van der Waals surface area contributed by atoms with Gasteiger partial charge >= 0.3 is 0 Å². The summed E-state index contributed by atoms with van der Waals surface area (Å²) in [7, 11) is 0. The Bertz CT molecular complexity index is 468. The molecule has 1 saturated carbocycles. The fourth-order valence-corrected chi connectivity index (χ4v) is 3.97. The largest absolute Gasteiger partial charge is 0.373 e. The second-order valence-electron chi connectivity index (χ2n) is 7.19. The number of halogens is 1. The van der Waals surface area contributed by atoms with Gasteiger partial charge in [0.1, 0.15) is 5.82 Å². The van der Waals surface area contributed by atoms with Crippen LogP contribution in [0.3, 0.4) is 0 Å². The summed E-state index contributed by atoms with van der Waals surface area (Å²) in [6.45, 7) is 5.04. The molecule has 0 spiro atoms. The maximum absolute atomic E-state index is 13.7. The van der Waals surface area contributed by atoms with Crippen molar-refractivity contribution in [2.45, 2.75) is 58.5 Å². The van der Waals surface area contributed by atoms with E-state index in [1.807, 2.05) is 12.1 Å². The summed E-state index contributed by atoms with van der Waals surface area (Å²) < 4.78 is 19.8. The summed E-state index contributed by atoms with van der Waals surface area (Å²) in [4.78, 5) is 0. The summed E-state index contributed by atoms with van der Waals surface area (Å²) in [5.41, 5.74) is 1.72. The second-order valence-corrected chi connectivity index (χ2v) is 7.19. The summed E-state index contributed by atoms with van der Waals surface area (Å²) in [5, 5.41) is 0. The van der Waals surface area contributed by atoms with E-state index in [0.29, 0.717) is 5.56 Å². The Kier molecular flexibility index (Phi) is 4.63. The van der Waals surface area contributed by atoms with E-state index in [4.69, 9.17) is 4.74 Å². The van der Waals surface area contributed by atoms with Crippen LogP contribution >= 0.6 is 0 Å². The van der Waals surface area contributed by atoms with Crippen molar-refractivity contribution in [1.82, 2.24) is 0 Å². The minimum Gasteiger partial charge on any atom is -0.373 e. The van der Waals surface area contributed by atoms with Gasteiger partial charge in [0, 0.05) is 0 Å². The highest BCUT2D eigenvalue weighted by Gasteiger charge is 2.31. The lowest BCUT2D eigenvalue weighted by molar-refractivity contribution is -0.0401. The maximum atomic E-state index is 13.7. The summed E-state index contributed by atoms with van der Waals surface area (Å²) in [6.07, 6.45) is 7.89. The predicted octanol–water partition coefficient (Wildman–Crippen LogP) is 5.43. The van der Waals surface area contributed by atoms with Crippen LogP contribution in [-0.2, 0) is 4.74 Å². The molecule has 0 radical (unpaired) electrons. The van der Waals surface area contributed by atoms with Gasteiger partial charge in [-0.1, -0.05) is 31.9 Å². The molecule has 1 nitrogen and oxygen atoms in total. The SMILES string of the molecule is Cc1ccc(C2CCC(C3CCC(C)CC3)CO2)cc1F. The number of benzene rings is 1. The van der Waals surface area contributed by atoms with Crippen molar-refractivity contribution in [1.29, 1.82) is 0 Å². The standard InChI is InChI=1S/C19H27FO/c1-13-3-6-15(7-4-13)17-9-10-19(21-12-17)16-8-5-14(2)18(20)11-16/h5,8,11,13,15,17,19H,3-4,6-7,9-10,12H2,1-2H3. The van der Waals surface area contributed by atoms with Crippen molar-refractivity contribution in [3.8, 4) is 0 Å². The van der Waals surface area contributed by atoms with Crippen LogP contribution in [0, 0.1) is 30.5 Å². The lowest BCUT2D eigenvalue weighted by atomic mass is 9.74. The average Bonchev–Trinajstić information content (AvgIpc) is 2.51. The van der Waals surface area contributed by atoms with Crippen molar-refractivity contribution in [3.63, 3.8) is 0 Å². The number of rotatable bonds is 2. The second kappa shape index (κ2) is 6.48. The van der Waals surface area contributed by atoms with Gasteiger partial charge in [0.2, 0.25) is 0 Å². The van der Waals surface area contributed by atoms with Crippen LogP contribution in [0.4, 0.5) is 4.39 Å². The van der Waals surface area contributed by atoms with Crippen LogP contribution in [0.2, 0.25) is 0 Å². The normalized spacial score (nSPS) is 33.9. The van der Waals surface area contributed by atoms with E-state index in [2.05, 4.69) is 6.92 Å². The van der Waals surface area contributed by atoms with Gasteiger partial charge in [-0.2, -0.15) is 0 Å². The molecular formula is C19H27FO. The molecule has 1 aliphatic heterocycles. The Labute approximate surface area is 127 Å². The van der Waals surface area contributed by atoms with Gasteiger partial charge in [-0.25, -0.2) is 4.39 Å². The highest BCUT2D eigenvalue weighted by Crippen LogP contribution is 2.40. The molecule has 0 bridgehead atoms. The molecule has 0 amide bonds. The van der Waals surface area contributed by atoms with Gasteiger partial charge in [-0.15, -0.1) is 0 Å². The summed E-state index contributed by atoms with van der Waals surface area (Å²) >= 11 is 0. The lowest BCUT2D eigenvalue weighted by Gasteiger charge is -2.37. The van der Waals surface area contributed by atoms with E-state index in [9.17, 15) is 4.39 Å². The molecule has 3 rings (SSSR count). The van der Waals surface area contributed by atoms with Gasteiger partial charge in [-0.05, 0) is 67.6 Å². The van der Waals surface area contributed by atoms with Crippen molar-refractivity contribution in [3.05, 3.63) is 35.1 Å². The van der Waals surface area contributed by atoms with Crippen LogP contribution in [-0.4, -0.2) is 6.61 Å². The molecule has 0 N–H and O–H groups in total. The first-order chi connectivity index (χ1) is 10.1. The molecule has 116 valence electrons. The van der Waals surface area contributed by atoms with Crippen LogP contribution in [0.5, 0.6) is 0 Å². The molecule has 2 heteroatoms. The minimum absolute atomic E-state index is 0.0962.